The van der Waals surface area contributed by atoms with Crippen LogP contribution in [-0.2, 0) is 28.4 Å². The number of piperidine rings is 1. The molecule has 1 aromatic rings. The van der Waals surface area contributed by atoms with Crippen LogP contribution in [0.3, 0.4) is 0 Å². The van der Waals surface area contributed by atoms with E-state index in [2.05, 4.69) is 17.9 Å². The molecule has 4 heterocycles. The maximum Gasteiger partial charge on any atom is 0.338 e. The van der Waals surface area contributed by atoms with Crippen molar-refractivity contribution >= 4 is 5.97 Å². The Morgan fingerprint density at radius 1 is 1.07 bits per heavy atom. The van der Waals surface area contributed by atoms with Gasteiger partial charge in [-0.2, -0.15) is 0 Å². The second kappa shape index (κ2) is 10.5. The fourth-order valence-corrected chi connectivity index (χ4v) is 10.7. The molecular weight excluding hydrogens is 554 g/mol. The molecule has 7 fully saturated rings. The normalized spacial score (nSPS) is 45.8. The monoisotopic (exact) mass is 599 g/mol. The zero-order valence-electron chi connectivity index (χ0n) is 26.0. The van der Waals surface area contributed by atoms with Gasteiger partial charge in [0.2, 0.25) is 0 Å². The van der Waals surface area contributed by atoms with Crippen LogP contribution >= 0.6 is 0 Å². The number of carbonyl (C=O) groups is 1. The standard InChI is InChI=1S/C33H45NO9/c1-7-34-16-31(17-37-2)23-14-25(41-6)33(30(34)42-23)21-15-32(36)24(40-5)13-19(12-22(39-4)27(31)33)26(21)28(32)43-29(35)18-8-10-20(38-3)11-9-18/h8-12,21-28,30,36H,7,13-17H2,1-6H3/t21-,22+,23-,24+,25+,26-,27-,28-,30+,31+,32+,33+/m1/s1. The number of hydrogen-bond acceptors (Lipinski definition) is 10. The summed E-state index contributed by atoms with van der Waals surface area (Å²) < 4.78 is 43.5. The molecule has 0 radical (unpaired) electrons. The molecule has 4 saturated heterocycles. The predicted molar refractivity (Wildman–Crippen MR) is 155 cm³/mol. The van der Waals surface area contributed by atoms with Gasteiger partial charge in [0.1, 0.15) is 23.7 Å². The quantitative estimate of drug-likeness (QED) is 0.337. The number of carbonyl (C=O) groups excluding carboxylic acids is 1. The maximum absolute atomic E-state index is 13.7. The molecule has 1 aromatic carbocycles. The van der Waals surface area contributed by atoms with Crippen molar-refractivity contribution in [2.45, 2.75) is 68.5 Å². The average Bonchev–Trinajstić information content (AvgIpc) is 3.17. The van der Waals surface area contributed by atoms with Crippen LogP contribution in [0.5, 0.6) is 5.75 Å². The van der Waals surface area contributed by atoms with Crippen molar-refractivity contribution in [2.75, 3.05) is 55.2 Å². The highest BCUT2D eigenvalue weighted by Crippen LogP contribution is 2.74. The molecule has 4 aliphatic carbocycles. The van der Waals surface area contributed by atoms with Crippen molar-refractivity contribution in [3.05, 3.63) is 41.5 Å². The molecule has 9 rings (SSSR count). The first-order chi connectivity index (χ1) is 20.8. The molecule has 0 amide bonds. The van der Waals surface area contributed by atoms with Crippen LogP contribution in [0.25, 0.3) is 0 Å². The van der Waals surface area contributed by atoms with Crippen molar-refractivity contribution in [2.24, 2.45) is 28.6 Å². The Balaban J connectivity index is 1.40. The van der Waals surface area contributed by atoms with E-state index in [1.807, 2.05) is 0 Å². The minimum absolute atomic E-state index is 0.0135. The van der Waals surface area contributed by atoms with Crippen molar-refractivity contribution < 1.29 is 43.1 Å². The van der Waals surface area contributed by atoms with Gasteiger partial charge in [0, 0.05) is 64.1 Å². The SMILES string of the molecule is CCN1C[C@@]2(COC)[C@H]3[C@@H](OC)C=C4C[C@H](OC)[C@@]5(O)C[C@H]([C@@H]4[C@H]5OC(=O)c4ccc(OC)cc4)[C@]34[C@@H](OC)C[C@H]2O[C@H]14. The average molecular weight is 600 g/mol. The van der Waals surface area contributed by atoms with Crippen LogP contribution in [0.4, 0.5) is 0 Å². The Morgan fingerprint density at radius 2 is 1.81 bits per heavy atom. The fourth-order valence-electron chi connectivity index (χ4n) is 10.7. The third-order valence-corrected chi connectivity index (χ3v) is 12.1. The van der Waals surface area contributed by atoms with Gasteiger partial charge in [0.05, 0.1) is 43.7 Å². The second-order valence-electron chi connectivity index (χ2n) is 13.4. The van der Waals surface area contributed by atoms with Crippen molar-refractivity contribution in [1.29, 1.82) is 0 Å². The van der Waals surface area contributed by atoms with E-state index in [1.165, 1.54) is 0 Å². The van der Waals surface area contributed by atoms with Gasteiger partial charge in [-0.05, 0) is 49.6 Å². The van der Waals surface area contributed by atoms with Crippen molar-refractivity contribution in [3.8, 4) is 5.75 Å². The summed E-state index contributed by atoms with van der Waals surface area (Å²) in [5, 5.41) is 12.6. The Labute approximate surface area is 253 Å². The maximum atomic E-state index is 13.7. The van der Waals surface area contributed by atoms with Crippen LogP contribution < -0.4 is 4.74 Å². The molecular formula is C33H45NO9. The first kappa shape index (κ1) is 29.6. The summed E-state index contributed by atoms with van der Waals surface area (Å²) in [6.45, 7) is 4.35. The third kappa shape index (κ3) is 3.74. The molecule has 0 aromatic heterocycles. The largest absolute Gasteiger partial charge is 0.497 e. The van der Waals surface area contributed by atoms with Crippen LogP contribution in [0, 0.1) is 28.6 Å². The molecule has 8 aliphatic rings. The molecule has 4 aliphatic heterocycles. The number of fused-ring (bicyclic) bond motifs is 3. The highest BCUT2D eigenvalue weighted by molar-refractivity contribution is 5.89. The molecule has 6 bridgehead atoms. The summed E-state index contributed by atoms with van der Waals surface area (Å²) in [4.78, 5) is 16.1. The highest BCUT2D eigenvalue weighted by Gasteiger charge is 2.82. The van der Waals surface area contributed by atoms with E-state index < -0.39 is 29.2 Å². The first-order valence-electron chi connectivity index (χ1n) is 15.5. The number of ether oxygens (including phenoxy) is 7. The van der Waals surface area contributed by atoms with E-state index >= 15 is 0 Å². The minimum Gasteiger partial charge on any atom is -0.497 e. The van der Waals surface area contributed by atoms with E-state index in [0.717, 1.165) is 25.1 Å². The zero-order valence-corrected chi connectivity index (χ0v) is 26.0. The summed E-state index contributed by atoms with van der Waals surface area (Å²) in [7, 11) is 8.54. The topological polar surface area (TPSA) is 105 Å². The number of benzene rings is 1. The smallest absolute Gasteiger partial charge is 0.338 e. The fraction of sp³-hybridized carbons (Fsp3) is 0.727. The molecule has 1 N–H and O–H groups in total. The number of aliphatic hydroxyl groups is 1. The van der Waals surface area contributed by atoms with Gasteiger partial charge >= 0.3 is 5.97 Å². The molecule has 10 heteroatoms. The number of methoxy groups -OCH3 is 5. The van der Waals surface area contributed by atoms with Crippen LogP contribution in [0.2, 0.25) is 0 Å². The van der Waals surface area contributed by atoms with Crippen LogP contribution in [0.15, 0.2) is 35.9 Å². The number of hydrogen-bond donors (Lipinski definition) is 1. The van der Waals surface area contributed by atoms with E-state index in [4.69, 9.17) is 33.2 Å². The van der Waals surface area contributed by atoms with E-state index in [0.29, 0.717) is 30.8 Å². The summed E-state index contributed by atoms with van der Waals surface area (Å²) >= 11 is 0. The summed E-state index contributed by atoms with van der Waals surface area (Å²) in [6.07, 6.45) is 1.91. The van der Waals surface area contributed by atoms with Crippen LogP contribution in [-0.4, -0.2) is 114 Å². The van der Waals surface area contributed by atoms with Gasteiger partial charge in [0.15, 0.2) is 0 Å². The van der Waals surface area contributed by atoms with E-state index in [9.17, 15) is 9.90 Å². The van der Waals surface area contributed by atoms with Crippen molar-refractivity contribution in [1.82, 2.24) is 4.90 Å². The minimum atomic E-state index is -1.39. The molecule has 3 saturated carbocycles. The number of esters is 1. The van der Waals surface area contributed by atoms with Gasteiger partial charge in [-0.3, -0.25) is 4.90 Å². The van der Waals surface area contributed by atoms with Gasteiger partial charge in [-0.15, -0.1) is 0 Å². The lowest BCUT2D eigenvalue weighted by molar-refractivity contribution is -0.414. The number of nitrogens with zero attached hydrogens (tertiary/aromatic N) is 1. The molecule has 1 spiro atoms. The number of rotatable bonds is 9. The second-order valence-corrected chi connectivity index (χ2v) is 13.4. The van der Waals surface area contributed by atoms with Gasteiger partial charge in [-0.1, -0.05) is 18.6 Å². The summed E-state index contributed by atoms with van der Waals surface area (Å²) in [5.74, 6) is -0.192. The first-order valence-corrected chi connectivity index (χ1v) is 15.5. The lowest BCUT2D eigenvalue weighted by atomic mass is 9.42. The summed E-state index contributed by atoms with van der Waals surface area (Å²) in [6, 6.07) is 6.85. The Hall–Kier alpha value is -2.05. The highest BCUT2D eigenvalue weighted by atomic mass is 16.6. The zero-order chi connectivity index (χ0) is 30.3. The van der Waals surface area contributed by atoms with Crippen LogP contribution in [0.1, 0.15) is 36.5 Å². The van der Waals surface area contributed by atoms with Crippen molar-refractivity contribution in [3.63, 3.8) is 0 Å². The summed E-state index contributed by atoms with van der Waals surface area (Å²) in [5.41, 5.74) is -0.771. The Kier molecular flexibility index (Phi) is 7.24. The Bertz CT molecular complexity index is 1270. The lowest BCUT2D eigenvalue weighted by Gasteiger charge is -2.75. The third-order valence-electron chi connectivity index (χ3n) is 12.1. The molecule has 43 heavy (non-hydrogen) atoms. The predicted octanol–water partition coefficient (Wildman–Crippen LogP) is 2.68. The van der Waals surface area contributed by atoms with E-state index in [-0.39, 0.29) is 47.7 Å². The van der Waals surface area contributed by atoms with Gasteiger partial charge < -0.3 is 38.3 Å². The molecule has 10 nitrogen and oxygen atoms in total. The van der Waals surface area contributed by atoms with E-state index in [1.54, 1.807) is 59.8 Å². The Morgan fingerprint density at radius 3 is 2.44 bits per heavy atom. The molecule has 0 unspecified atom stereocenters. The molecule has 12 atom stereocenters. The van der Waals surface area contributed by atoms with Gasteiger partial charge in [0.25, 0.3) is 0 Å². The van der Waals surface area contributed by atoms with Gasteiger partial charge in [-0.25, -0.2) is 4.79 Å². The lowest BCUT2D eigenvalue weighted by Crippen LogP contribution is -2.84. The molecule has 236 valence electrons.